The number of rotatable bonds is 7. The van der Waals surface area contributed by atoms with Crippen LogP contribution in [0, 0.1) is 0 Å². The predicted molar refractivity (Wildman–Crippen MR) is 60.0 cm³/mol. The molecule has 0 aliphatic heterocycles. The fourth-order valence-corrected chi connectivity index (χ4v) is 2.18. The Morgan fingerprint density at radius 1 is 1.44 bits per heavy atom. The molecular formula is C8H19N3O4S. The van der Waals surface area contributed by atoms with E-state index < -0.39 is 16.3 Å². The summed E-state index contributed by atoms with van der Waals surface area (Å²) in [6.45, 7) is 2.65. The second-order valence-electron chi connectivity index (χ2n) is 3.14. The summed E-state index contributed by atoms with van der Waals surface area (Å²) in [7, 11) is -2.74. The summed E-state index contributed by atoms with van der Waals surface area (Å²) < 4.78 is 30.5. The highest BCUT2D eigenvalue weighted by molar-refractivity contribution is 7.87. The van der Waals surface area contributed by atoms with Gasteiger partial charge in [0.15, 0.2) is 0 Å². The molecule has 0 heterocycles. The van der Waals surface area contributed by atoms with Gasteiger partial charge in [0.2, 0.25) is 0 Å². The third-order valence-corrected chi connectivity index (χ3v) is 3.35. The molecule has 16 heavy (non-hydrogen) atoms. The van der Waals surface area contributed by atoms with Crippen molar-refractivity contribution in [3.63, 3.8) is 0 Å². The Kier molecular flexibility index (Phi) is 7.02. The van der Waals surface area contributed by atoms with Crippen LogP contribution in [0.2, 0.25) is 0 Å². The minimum atomic E-state index is -3.84. The Labute approximate surface area is 96.1 Å². The Morgan fingerprint density at radius 2 is 2.06 bits per heavy atom. The van der Waals surface area contributed by atoms with E-state index in [0.717, 1.165) is 17.8 Å². The number of amides is 1. The van der Waals surface area contributed by atoms with Crippen molar-refractivity contribution < 1.29 is 17.9 Å². The highest BCUT2D eigenvalue weighted by Crippen LogP contribution is 2.01. The number of unbranched alkanes of at least 4 members (excludes halogenated alkanes) is 1. The first-order valence-corrected chi connectivity index (χ1v) is 6.47. The Balaban J connectivity index is 4.55. The van der Waals surface area contributed by atoms with Crippen molar-refractivity contribution in [2.24, 2.45) is 5.73 Å². The van der Waals surface area contributed by atoms with Crippen LogP contribution in [0.4, 0.5) is 4.79 Å². The monoisotopic (exact) mass is 253 g/mol. The molecule has 3 N–H and O–H groups in total. The van der Waals surface area contributed by atoms with Crippen LogP contribution in [0.25, 0.3) is 0 Å². The second-order valence-corrected chi connectivity index (χ2v) is 4.81. The van der Waals surface area contributed by atoms with Crippen molar-refractivity contribution in [2.45, 2.75) is 19.8 Å². The van der Waals surface area contributed by atoms with E-state index in [-0.39, 0.29) is 13.1 Å². The van der Waals surface area contributed by atoms with Gasteiger partial charge < -0.3 is 10.5 Å². The smallest absolute Gasteiger partial charge is 0.421 e. The molecule has 0 fully saturated rings. The molecule has 8 heteroatoms. The lowest BCUT2D eigenvalue weighted by molar-refractivity contribution is 0.177. The van der Waals surface area contributed by atoms with Crippen molar-refractivity contribution >= 4 is 16.3 Å². The van der Waals surface area contributed by atoms with E-state index in [4.69, 9.17) is 5.73 Å². The summed E-state index contributed by atoms with van der Waals surface area (Å²) in [5.41, 5.74) is 5.31. The average molecular weight is 253 g/mol. The fraction of sp³-hybridized carbons (Fsp3) is 0.875. The number of nitrogens with one attached hydrogen (secondary N) is 1. The summed E-state index contributed by atoms with van der Waals surface area (Å²) in [5, 5.41) is 0. The average Bonchev–Trinajstić information content (AvgIpc) is 2.23. The molecule has 0 saturated heterocycles. The summed E-state index contributed by atoms with van der Waals surface area (Å²) in [5.74, 6) is 0. The molecule has 0 rings (SSSR count). The van der Waals surface area contributed by atoms with Crippen molar-refractivity contribution in [1.29, 1.82) is 0 Å². The number of carbonyl (C=O) groups excluding carboxylic acids is 1. The second kappa shape index (κ2) is 7.42. The molecule has 0 aromatic carbocycles. The maximum atomic E-state index is 11.7. The summed E-state index contributed by atoms with van der Waals surface area (Å²) in [6, 6.07) is 0. The molecule has 1 amide bonds. The number of nitrogens with two attached hydrogens (primary N) is 1. The van der Waals surface area contributed by atoms with Gasteiger partial charge in [-0.2, -0.15) is 12.7 Å². The van der Waals surface area contributed by atoms with Crippen LogP contribution in [0.1, 0.15) is 19.8 Å². The zero-order valence-electron chi connectivity index (χ0n) is 9.60. The lowest BCUT2D eigenvalue weighted by Gasteiger charge is -2.20. The molecule has 0 bridgehead atoms. The third kappa shape index (κ3) is 5.29. The first kappa shape index (κ1) is 15.1. The molecule has 0 saturated carbocycles. The van der Waals surface area contributed by atoms with E-state index in [1.54, 1.807) is 4.72 Å². The number of methoxy groups -OCH3 is 1. The molecule has 7 nitrogen and oxygen atoms in total. The van der Waals surface area contributed by atoms with Gasteiger partial charge in [0.1, 0.15) is 0 Å². The minimum Gasteiger partial charge on any atom is -0.452 e. The zero-order chi connectivity index (χ0) is 12.6. The van der Waals surface area contributed by atoms with Gasteiger partial charge in [-0.25, -0.2) is 9.52 Å². The molecule has 96 valence electrons. The summed E-state index contributed by atoms with van der Waals surface area (Å²) in [6.07, 6.45) is 0.565. The third-order valence-electron chi connectivity index (χ3n) is 1.88. The number of carbonyl (C=O) groups is 1. The van der Waals surface area contributed by atoms with Gasteiger partial charge in [0.25, 0.3) is 0 Å². The quantitative estimate of drug-likeness (QED) is 0.645. The number of hydrogen-bond acceptors (Lipinski definition) is 5. The van der Waals surface area contributed by atoms with Gasteiger partial charge in [-0.15, -0.1) is 0 Å². The molecule has 0 aliphatic rings. The number of ether oxygens (including phenoxy) is 1. The van der Waals surface area contributed by atoms with E-state index in [1.807, 2.05) is 6.92 Å². The van der Waals surface area contributed by atoms with Crippen LogP contribution in [0.5, 0.6) is 0 Å². The zero-order valence-corrected chi connectivity index (χ0v) is 10.4. The van der Waals surface area contributed by atoms with Crippen LogP contribution in [0.3, 0.4) is 0 Å². The normalized spacial score (nSPS) is 11.5. The summed E-state index contributed by atoms with van der Waals surface area (Å²) in [4.78, 5) is 10.8. The Morgan fingerprint density at radius 3 is 2.50 bits per heavy atom. The van der Waals surface area contributed by atoms with E-state index in [2.05, 4.69) is 4.74 Å². The first-order valence-electron chi connectivity index (χ1n) is 5.03. The molecule has 0 aliphatic carbocycles. The van der Waals surface area contributed by atoms with Crippen LogP contribution in [-0.2, 0) is 14.9 Å². The predicted octanol–water partition coefficient (Wildman–Crippen LogP) is -0.352. The topological polar surface area (TPSA) is 102 Å². The molecule has 0 atom stereocenters. The Bertz CT molecular complexity index is 304. The van der Waals surface area contributed by atoms with E-state index in [0.29, 0.717) is 13.0 Å². The van der Waals surface area contributed by atoms with E-state index in [1.165, 1.54) is 0 Å². The lowest BCUT2D eigenvalue weighted by atomic mass is 10.3. The SMILES string of the molecule is CCCCN(CCN)S(=O)(=O)NC(=O)OC. The van der Waals surface area contributed by atoms with Crippen molar-refractivity contribution in [3.8, 4) is 0 Å². The number of nitrogens with zero attached hydrogens (tertiary/aromatic N) is 1. The molecular weight excluding hydrogens is 234 g/mol. The van der Waals surface area contributed by atoms with Gasteiger partial charge in [0.05, 0.1) is 7.11 Å². The molecule has 0 aromatic rings. The molecule has 0 radical (unpaired) electrons. The molecule has 0 aromatic heterocycles. The van der Waals surface area contributed by atoms with Crippen LogP contribution >= 0.6 is 0 Å². The summed E-state index contributed by atoms with van der Waals surface area (Å²) >= 11 is 0. The van der Waals surface area contributed by atoms with Crippen molar-refractivity contribution in [2.75, 3.05) is 26.7 Å². The van der Waals surface area contributed by atoms with Gasteiger partial charge in [0, 0.05) is 19.6 Å². The van der Waals surface area contributed by atoms with Gasteiger partial charge in [-0.1, -0.05) is 13.3 Å². The van der Waals surface area contributed by atoms with Crippen LogP contribution in [0.15, 0.2) is 0 Å². The van der Waals surface area contributed by atoms with Crippen LogP contribution in [-0.4, -0.2) is 45.6 Å². The maximum Gasteiger partial charge on any atom is 0.421 e. The highest BCUT2D eigenvalue weighted by Gasteiger charge is 2.23. The van der Waals surface area contributed by atoms with Gasteiger partial charge >= 0.3 is 16.3 Å². The van der Waals surface area contributed by atoms with Gasteiger partial charge in [-0.3, -0.25) is 0 Å². The van der Waals surface area contributed by atoms with E-state index >= 15 is 0 Å². The minimum absolute atomic E-state index is 0.173. The van der Waals surface area contributed by atoms with Crippen molar-refractivity contribution in [1.82, 2.24) is 9.03 Å². The largest absolute Gasteiger partial charge is 0.452 e. The number of hydrogen-bond donors (Lipinski definition) is 2. The fourth-order valence-electron chi connectivity index (χ4n) is 1.04. The highest BCUT2D eigenvalue weighted by atomic mass is 32.2. The maximum absolute atomic E-state index is 11.7. The molecule has 0 unspecified atom stereocenters. The Hall–Kier alpha value is -0.860. The van der Waals surface area contributed by atoms with Crippen molar-refractivity contribution in [3.05, 3.63) is 0 Å². The van der Waals surface area contributed by atoms with Crippen LogP contribution < -0.4 is 10.5 Å². The molecule has 0 spiro atoms. The standard InChI is InChI=1S/C8H19N3O4S/c1-3-4-6-11(7-5-9)16(13,14)10-8(12)15-2/h3-7,9H2,1-2H3,(H,10,12). The first-order chi connectivity index (χ1) is 7.47. The van der Waals surface area contributed by atoms with Gasteiger partial charge in [-0.05, 0) is 6.42 Å². The van der Waals surface area contributed by atoms with E-state index in [9.17, 15) is 13.2 Å². The lowest BCUT2D eigenvalue weighted by Crippen LogP contribution is -2.45.